The monoisotopic (exact) mass is 588 g/mol. The molecule has 14 heteroatoms. The number of unbranched alkanes of at least 4 members (excludes halogenated alkanes) is 2. The molecule has 0 spiro atoms. The highest BCUT2D eigenvalue weighted by Crippen LogP contribution is 2.11. The summed E-state index contributed by atoms with van der Waals surface area (Å²) in [6.45, 7) is 7.67. The van der Waals surface area contributed by atoms with Gasteiger partial charge in [-0.25, -0.2) is 0 Å². The number of carboxylic acid groups (broad SMARTS) is 5. The maximum absolute atomic E-state index is 9.93. The van der Waals surface area contributed by atoms with Crippen LogP contribution in [0.15, 0.2) is 0 Å². The minimum absolute atomic E-state index is 0.0628. The normalized spacial score (nSPS) is 10.6. The Balaban J connectivity index is -0.000000129. The van der Waals surface area contributed by atoms with Crippen LogP contribution in [0.4, 0.5) is 0 Å². The fraction of sp³-hybridized carbons (Fsp3) is 0.808. The van der Waals surface area contributed by atoms with E-state index in [2.05, 4.69) is 0 Å². The van der Waals surface area contributed by atoms with Crippen molar-refractivity contribution in [1.82, 2.24) is 0 Å². The first kappa shape index (κ1) is 47.0. The number of aliphatic hydroxyl groups is 4. The van der Waals surface area contributed by atoms with Gasteiger partial charge in [0, 0.05) is 25.7 Å². The summed E-state index contributed by atoms with van der Waals surface area (Å²) in [6.07, 6.45) is 4.09. The lowest BCUT2D eigenvalue weighted by Crippen LogP contribution is -2.37. The van der Waals surface area contributed by atoms with Crippen LogP contribution in [0, 0.1) is 17.3 Å². The van der Waals surface area contributed by atoms with Crippen LogP contribution >= 0.6 is 0 Å². The number of carbonyl (C=O) groups is 5. The lowest BCUT2D eigenvalue weighted by atomic mass is 9.93. The van der Waals surface area contributed by atoms with E-state index < -0.39 is 61.7 Å². The molecule has 1 unspecified atom stereocenters. The molecule has 0 saturated carbocycles. The van der Waals surface area contributed by atoms with E-state index in [1.165, 1.54) is 0 Å². The van der Waals surface area contributed by atoms with E-state index in [1.807, 2.05) is 27.7 Å². The molecule has 0 aliphatic rings. The van der Waals surface area contributed by atoms with Crippen LogP contribution in [0.5, 0.6) is 0 Å². The first-order chi connectivity index (χ1) is 18.4. The van der Waals surface area contributed by atoms with Crippen LogP contribution in [0.25, 0.3) is 0 Å². The molecule has 0 radical (unpaired) electrons. The van der Waals surface area contributed by atoms with Gasteiger partial charge in [0.1, 0.15) is 0 Å². The van der Waals surface area contributed by atoms with Crippen molar-refractivity contribution in [2.45, 2.75) is 92.4 Å². The summed E-state index contributed by atoms with van der Waals surface area (Å²) >= 11 is 0. The quantitative estimate of drug-likeness (QED) is 0.117. The van der Waals surface area contributed by atoms with E-state index in [1.54, 1.807) is 6.92 Å². The Labute approximate surface area is 236 Å². The fourth-order valence-electron chi connectivity index (χ4n) is 1.70. The zero-order chi connectivity index (χ0) is 32.7. The van der Waals surface area contributed by atoms with E-state index in [0.29, 0.717) is 19.3 Å². The Morgan fingerprint density at radius 3 is 0.975 bits per heavy atom. The summed E-state index contributed by atoms with van der Waals surface area (Å²) in [5.74, 6) is -3.76. The Morgan fingerprint density at radius 1 is 0.575 bits per heavy atom. The van der Waals surface area contributed by atoms with Crippen LogP contribution in [0.3, 0.4) is 0 Å². The van der Waals surface area contributed by atoms with Crippen molar-refractivity contribution in [3.05, 3.63) is 0 Å². The molecule has 0 saturated heterocycles. The second-order valence-corrected chi connectivity index (χ2v) is 9.26. The van der Waals surface area contributed by atoms with Gasteiger partial charge in [-0.05, 0) is 31.6 Å². The Kier molecular flexibility index (Phi) is 38.1. The summed E-state index contributed by atoms with van der Waals surface area (Å²) in [5, 5.41) is 74.6. The summed E-state index contributed by atoms with van der Waals surface area (Å²) in [5.41, 5.74) is -1.11. The molecular weight excluding hydrogens is 536 g/mol. The predicted molar refractivity (Wildman–Crippen MR) is 146 cm³/mol. The van der Waals surface area contributed by atoms with Gasteiger partial charge in [-0.3, -0.25) is 24.0 Å². The van der Waals surface area contributed by atoms with Crippen LogP contribution in [-0.4, -0.2) is 102 Å². The third kappa shape index (κ3) is 45.1. The number of carboxylic acids is 5. The number of hydrogen-bond donors (Lipinski definition) is 9. The molecule has 0 aliphatic heterocycles. The van der Waals surface area contributed by atoms with Crippen LogP contribution in [0.1, 0.15) is 92.4 Å². The van der Waals surface area contributed by atoms with Crippen molar-refractivity contribution >= 4 is 29.8 Å². The van der Waals surface area contributed by atoms with Crippen molar-refractivity contribution in [2.24, 2.45) is 17.3 Å². The van der Waals surface area contributed by atoms with Gasteiger partial charge >= 0.3 is 29.8 Å². The third-order valence-corrected chi connectivity index (χ3v) is 4.73. The Bertz CT molecular complexity index is 612. The SMILES string of the molecule is CC(C)CC(=O)O.CCC(C)C(=O)O.CCCCC(=O)O.O=C(O)CCCCC(=O)O.OCC(CO)(CO)CO. The summed E-state index contributed by atoms with van der Waals surface area (Å²) < 4.78 is 0. The molecule has 0 bridgehead atoms. The van der Waals surface area contributed by atoms with Gasteiger partial charge < -0.3 is 46.0 Å². The molecule has 0 fully saturated rings. The maximum atomic E-state index is 9.93. The number of aliphatic carboxylic acids is 5. The average Bonchev–Trinajstić information content (AvgIpc) is 2.87. The second-order valence-electron chi connectivity index (χ2n) is 9.26. The number of hydrogen-bond acceptors (Lipinski definition) is 9. The van der Waals surface area contributed by atoms with Gasteiger partial charge in [0.2, 0.25) is 0 Å². The van der Waals surface area contributed by atoms with Crippen molar-refractivity contribution in [3.63, 3.8) is 0 Å². The molecule has 40 heavy (non-hydrogen) atoms. The first-order valence-electron chi connectivity index (χ1n) is 13.0. The summed E-state index contributed by atoms with van der Waals surface area (Å²) in [4.78, 5) is 49.3. The lowest BCUT2D eigenvalue weighted by Gasteiger charge is -2.23. The standard InChI is InChI=1S/C6H10O4.C5H12O4.3C5H10O2/c7-5(8)3-1-2-4-6(9)10;6-1-5(2-7,3-8)4-9;1-4(2)3-5(6)7;1-3-4(2)5(6)7;1-2-3-4-5(6)7/h1-4H2,(H,7,8)(H,9,10);6-9H,1-4H2;2*4H,3H2,1-2H3,(H,6,7);2-4H2,1H3,(H,6,7). The number of rotatable bonds is 16. The first-order valence-corrected chi connectivity index (χ1v) is 13.0. The van der Waals surface area contributed by atoms with E-state index in [4.69, 9.17) is 46.0 Å². The van der Waals surface area contributed by atoms with Crippen LogP contribution < -0.4 is 0 Å². The fourth-order valence-corrected chi connectivity index (χ4v) is 1.70. The molecule has 240 valence electrons. The van der Waals surface area contributed by atoms with Crippen molar-refractivity contribution in [3.8, 4) is 0 Å². The molecule has 0 aromatic heterocycles. The van der Waals surface area contributed by atoms with Crippen molar-refractivity contribution < 1.29 is 69.9 Å². The Hall–Kier alpha value is -2.81. The highest BCUT2D eigenvalue weighted by atomic mass is 16.4. The van der Waals surface area contributed by atoms with Gasteiger partial charge in [-0.2, -0.15) is 0 Å². The zero-order valence-electron chi connectivity index (χ0n) is 24.4. The molecule has 0 heterocycles. The van der Waals surface area contributed by atoms with Gasteiger partial charge in [0.25, 0.3) is 0 Å². The summed E-state index contributed by atoms with van der Waals surface area (Å²) in [7, 11) is 0. The van der Waals surface area contributed by atoms with E-state index in [-0.39, 0.29) is 31.1 Å². The molecule has 0 aromatic carbocycles. The Morgan fingerprint density at radius 2 is 0.900 bits per heavy atom. The van der Waals surface area contributed by atoms with Crippen molar-refractivity contribution in [1.29, 1.82) is 0 Å². The van der Waals surface area contributed by atoms with Gasteiger partial charge in [0.05, 0.1) is 37.8 Å². The average molecular weight is 589 g/mol. The second kappa shape index (κ2) is 32.4. The third-order valence-electron chi connectivity index (χ3n) is 4.73. The molecule has 0 aromatic rings. The predicted octanol–water partition coefficient (Wildman–Crippen LogP) is 2.15. The van der Waals surface area contributed by atoms with E-state index in [9.17, 15) is 24.0 Å². The largest absolute Gasteiger partial charge is 0.481 e. The maximum Gasteiger partial charge on any atom is 0.306 e. The molecule has 1 atom stereocenters. The highest BCUT2D eigenvalue weighted by Gasteiger charge is 2.26. The molecule has 9 N–H and O–H groups in total. The van der Waals surface area contributed by atoms with Gasteiger partial charge in [-0.15, -0.1) is 0 Å². The van der Waals surface area contributed by atoms with Crippen LogP contribution in [0.2, 0.25) is 0 Å². The van der Waals surface area contributed by atoms with Gasteiger partial charge in [0.15, 0.2) is 0 Å². The highest BCUT2D eigenvalue weighted by molar-refractivity contribution is 5.69. The van der Waals surface area contributed by atoms with Crippen LogP contribution in [-0.2, 0) is 24.0 Å². The van der Waals surface area contributed by atoms with Crippen molar-refractivity contribution in [2.75, 3.05) is 26.4 Å². The molecule has 0 amide bonds. The summed E-state index contributed by atoms with van der Waals surface area (Å²) in [6, 6.07) is 0. The molecule has 0 aliphatic carbocycles. The zero-order valence-corrected chi connectivity index (χ0v) is 24.4. The lowest BCUT2D eigenvalue weighted by molar-refractivity contribution is -0.141. The molecular formula is C26H52O14. The van der Waals surface area contributed by atoms with Gasteiger partial charge in [-0.1, -0.05) is 41.0 Å². The topological polar surface area (TPSA) is 267 Å². The minimum atomic E-state index is -1.11. The minimum Gasteiger partial charge on any atom is -0.481 e. The smallest absolute Gasteiger partial charge is 0.306 e. The molecule has 14 nitrogen and oxygen atoms in total. The van der Waals surface area contributed by atoms with E-state index in [0.717, 1.165) is 19.3 Å². The molecule has 0 rings (SSSR count). The number of aliphatic hydroxyl groups excluding tert-OH is 4. The van der Waals surface area contributed by atoms with E-state index >= 15 is 0 Å².